The molecule has 31 heavy (non-hydrogen) atoms. The molecule has 10 heteroatoms. The highest BCUT2D eigenvalue weighted by Gasteiger charge is 2.31. The van der Waals surface area contributed by atoms with Crippen molar-refractivity contribution in [3.63, 3.8) is 0 Å². The quantitative estimate of drug-likeness (QED) is 0.703. The summed E-state index contributed by atoms with van der Waals surface area (Å²) in [6.07, 6.45) is 2.64. The maximum Gasteiger partial charge on any atom is 0.261 e. The number of sulfonamides is 1. The second kappa shape index (κ2) is 9.42. The molecule has 0 bridgehead atoms. The number of carbonyl (C=O) groups excluding carboxylic acids is 2. The lowest BCUT2D eigenvalue weighted by atomic mass is 10.0. The van der Waals surface area contributed by atoms with Gasteiger partial charge >= 0.3 is 0 Å². The van der Waals surface area contributed by atoms with E-state index in [2.05, 4.69) is 10.0 Å². The molecule has 0 saturated carbocycles. The molecule has 166 valence electrons. The van der Waals surface area contributed by atoms with E-state index in [0.717, 1.165) is 25.0 Å². The Morgan fingerprint density at radius 1 is 1.03 bits per heavy atom. The van der Waals surface area contributed by atoms with Gasteiger partial charge in [0.2, 0.25) is 11.8 Å². The Morgan fingerprint density at radius 3 is 2.35 bits per heavy atom. The van der Waals surface area contributed by atoms with Crippen LogP contribution in [-0.2, 0) is 19.6 Å². The first kappa shape index (κ1) is 22.7. The van der Waals surface area contributed by atoms with Crippen LogP contribution in [0.3, 0.4) is 0 Å². The van der Waals surface area contributed by atoms with E-state index in [1.54, 1.807) is 11.8 Å². The molecule has 0 aliphatic carbocycles. The molecule has 0 spiro atoms. The van der Waals surface area contributed by atoms with Gasteiger partial charge in [0.1, 0.15) is 6.04 Å². The standard InChI is InChI=1S/C21H23F2N3O4S/c1-2-20(27)26-12-4-3-5-19(26)21(28)24-14-6-8-15(9-7-14)25-31(29,30)16-10-11-17(22)18(23)13-16/h6-11,13,19,25H,2-5,12H2,1H3,(H,24,28). The van der Waals surface area contributed by atoms with Crippen molar-refractivity contribution in [2.75, 3.05) is 16.6 Å². The average Bonchev–Trinajstić information content (AvgIpc) is 2.76. The predicted octanol–water partition coefficient (Wildman–Crippen LogP) is 3.50. The zero-order valence-electron chi connectivity index (χ0n) is 16.9. The molecule has 3 rings (SSSR count). The third-order valence-corrected chi connectivity index (χ3v) is 6.41. The van der Waals surface area contributed by atoms with Gasteiger partial charge in [0.05, 0.1) is 4.90 Å². The summed E-state index contributed by atoms with van der Waals surface area (Å²) in [6.45, 7) is 2.31. The minimum absolute atomic E-state index is 0.0677. The average molecular weight is 451 g/mol. The van der Waals surface area contributed by atoms with E-state index in [-0.39, 0.29) is 17.5 Å². The van der Waals surface area contributed by atoms with Gasteiger partial charge in [0.25, 0.3) is 10.0 Å². The number of carbonyl (C=O) groups is 2. The van der Waals surface area contributed by atoms with Gasteiger partial charge in [-0.25, -0.2) is 17.2 Å². The van der Waals surface area contributed by atoms with E-state index in [4.69, 9.17) is 0 Å². The van der Waals surface area contributed by atoms with E-state index in [9.17, 15) is 26.8 Å². The number of anilines is 2. The van der Waals surface area contributed by atoms with E-state index in [1.807, 2.05) is 0 Å². The summed E-state index contributed by atoms with van der Waals surface area (Å²) >= 11 is 0. The summed E-state index contributed by atoms with van der Waals surface area (Å²) in [7, 11) is -4.11. The minimum atomic E-state index is -4.11. The van der Waals surface area contributed by atoms with Crippen molar-refractivity contribution in [2.24, 2.45) is 0 Å². The van der Waals surface area contributed by atoms with Gasteiger partial charge in [-0.05, 0) is 61.7 Å². The van der Waals surface area contributed by atoms with Crippen molar-refractivity contribution in [3.05, 3.63) is 54.1 Å². The fourth-order valence-electron chi connectivity index (χ4n) is 3.41. The maximum absolute atomic E-state index is 13.3. The molecule has 1 unspecified atom stereocenters. The number of amides is 2. The number of rotatable bonds is 6. The van der Waals surface area contributed by atoms with Crippen LogP contribution >= 0.6 is 0 Å². The Bertz CT molecular complexity index is 1070. The lowest BCUT2D eigenvalue weighted by molar-refractivity contribution is -0.140. The number of benzene rings is 2. The predicted molar refractivity (Wildman–Crippen MR) is 112 cm³/mol. The first-order valence-electron chi connectivity index (χ1n) is 9.89. The van der Waals surface area contributed by atoms with Crippen LogP contribution in [0.5, 0.6) is 0 Å². The van der Waals surface area contributed by atoms with Crippen molar-refractivity contribution in [1.82, 2.24) is 4.90 Å². The maximum atomic E-state index is 13.3. The minimum Gasteiger partial charge on any atom is -0.331 e. The number of hydrogen-bond donors (Lipinski definition) is 2. The van der Waals surface area contributed by atoms with Crippen molar-refractivity contribution in [1.29, 1.82) is 0 Å². The Morgan fingerprint density at radius 2 is 1.71 bits per heavy atom. The summed E-state index contributed by atoms with van der Waals surface area (Å²) in [5.74, 6) is -2.77. The Kier molecular flexibility index (Phi) is 6.89. The number of nitrogens with one attached hydrogen (secondary N) is 2. The normalized spacial score (nSPS) is 16.6. The SMILES string of the molecule is CCC(=O)N1CCCCC1C(=O)Nc1ccc(NS(=O)(=O)c2ccc(F)c(F)c2)cc1. The number of likely N-dealkylation sites (tertiary alicyclic amines) is 1. The highest BCUT2D eigenvalue weighted by Crippen LogP contribution is 2.22. The lowest BCUT2D eigenvalue weighted by Gasteiger charge is -2.34. The highest BCUT2D eigenvalue weighted by atomic mass is 32.2. The molecule has 0 aromatic heterocycles. The van der Waals surface area contributed by atoms with Crippen LogP contribution in [0.15, 0.2) is 47.4 Å². The molecule has 2 aromatic rings. The van der Waals surface area contributed by atoms with Gasteiger partial charge in [0, 0.05) is 24.3 Å². The number of hydrogen-bond acceptors (Lipinski definition) is 4. The third kappa shape index (κ3) is 5.38. The molecule has 1 atom stereocenters. The van der Waals surface area contributed by atoms with Crippen molar-refractivity contribution < 1.29 is 26.8 Å². The summed E-state index contributed by atoms with van der Waals surface area (Å²) < 4.78 is 53.4. The fourth-order valence-corrected chi connectivity index (χ4v) is 4.48. The zero-order valence-corrected chi connectivity index (χ0v) is 17.7. The lowest BCUT2D eigenvalue weighted by Crippen LogP contribution is -2.49. The second-order valence-electron chi connectivity index (χ2n) is 7.20. The zero-order chi connectivity index (χ0) is 22.6. The largest absolute Gasteiger partial charge is 0.331 e. The third-order valence-electron chi connectivity index (χ3n) is 5.03. The molecular weight excluding hydrogens is 428 g/mol. The topological polar surface area (TPSA) is 95.6 Å². The monoisotopic (exact) mass is 451 g/mol. The van der Waals surface area contributed by atoms with Gasteiger partial charge in [-0.15, -0.1) is 0 Å². The van der Waals surface area contributed by atoms with Crippen LogP contribution < -0.4 is 10.0 Å². The number of nitrogens with zero attached hydrogens (tertiary/aromatic N) is 1. The molecule has 2 amide bonds. The van der Waals surface area contributed by atoms with Crippen LogP contribution in [0, 0.1) is 11.6 Å². The van der Waals surface area contributed by atoms with Gasteiger partial charge < -0.3 is 10.2 Å². The van der Waals surface area contributed by atoms with Crippen molar-refractivity contribution in [3.8, 4) is 0 Å². The van der Waals surface area contributed by atoms with Crippen LogP contribution in [0.1, 0.15) is 32.6 Å². The molecule has 2 aromatic carbocycles. The van der Waals surface area contributed by atoms with Gasteiger partial charge in [-0.1, -0.05) is 6.92 Å². The Hall–Kier alpha value is -3.01. The molecule has 0 radical (unpaired) electrons. The molecular formula is C21H23F2N3O4S. The highest BCUT2D eigenvalue weighted by molar-refractivity contribution is 7.92. The molecule has 2 N–H and O–H groups in total. The number of halogens is 2. The van der Waals surface area contributed by atoms with E-state index in [1.165, 1.54) is 24.3 Å². The molecule has 7 nitrogen and oxygen atoms in total. The Labute approximate surface area is 179 Å². The molecule has 1 heterocycles. The first-order valence-corrected chi connectivity index (χ1v) is 11.4. The summed E-state index contributed by atoms with van der Waals surface area (Å²) in [5.41, 5.74) is 0.624. The van der Waals surface area contributed by atoms with E-state index < -0.39 is 32.6 Å². The summed E-state index contributed by atoms with van der Waals surface area (Å²) in [6, 6.07) is 7.65. The smallest absolute Gasteiger partial charge is 0.261 e. The Balaban J connectivity index is 1.67. The van der Waals surface area contributed by atoms with Gasteiger partial charge in [0.15, 0.2) is 11.6 Å². The first-order chi connectivity index (χ1) is 14.7. The van der Waals surface area contributed by atoms with E-state index >= 15 is 0 Å². The van der Waals surface area contributed by atoms with Crippen LogP contribution in [-0.4, -0.2) is 37.7 Å². The van der Waals surface area contributed by atoms with Crippen LogP contribution in [0.4, 0.5) is 20.2 Å². The summed E-state index contributed by atoms with van der Waals surface area (Å²) in [5, 5.41) is 2.75. The molecule has 1 saturated heterocycles. The summed E-state index contributed by atoms with van der Waals surface area (Å²) in [4.78, 5) is 26.0. The van der Waals surface area contributed by atoms with Gasteiger partial charge in [-0.2, -0.15) is 0 Å². The van der Waals surface area contributed by atoms with E-state index in [0.29, 0.717) is 31.1 Å². The molecule has 1 aliphatic rings. The van der Waals surface area contributed by atoms with Crippen molar-refractivity contribution >= 4 is 33.2 Å². The van der Waals surface area contributed by atoms with Gasteiger partial charge in [-0.3, -0.25) is 14.3 Å². The second-order valence-corrected chi connectivity index (χ2v) is 8.88. The molecule has 1 fully saturated rings. The molecule has 1 aliphatic heterocycles. The number of piperidine rings is 1. The van der Waals surface area contributed by atoms with Crippen LogP contribution in [0.2, 0.25) is 0 Å². The van der Waals surface area contributed by atoms with Crippen LogP contribution in [0.25, 0.3) is 0 Å². The van der Waals surface area contributed by atoms with Crippen molar-refractivity contribution in [2.45, 2.75) is 43.5 Å². The fraction of sp³-hybridized carbons (Fsp3) is 0.333.